The van der Waals surface area contributed by atoms with E-state index in [4.69, 9.17) is 4.74 Å². The van der Waals surface area contributed by atoms with Crippen LogP contribution < -0.4 is 5.32 Å². The molecule has 0 radical (unpaired) electrons. The number of hydrogen-bond donors (Lipinski definition) is 1. The molecule has 0 saturated heterocycles. The highest BCUT2D eigenvalue weighted by atomic mass is 16.6. The van der Waals surface area contributed by atoms with Crippen molar-refractivity contribution in [2.24, 2.45) is 11.8 Å². The Morgan fingerprint density at radius 1 is 1.38 bits per heavy atom. The predicted molar refractivity (Wildman–Crippen MR) is 65.3 cm³/mol. The third-order valence-electron chi connectivity index (χ3n) is 2.79. The van der Waals surface area contributed by atoms with Crippen LogP contribution in [0.25, 0.3) is 0 Å². The Bertz CT molecular complexity index is 239. The summed E-state index contributed by atoms with van der Waals surface area (Å²) in [7, 11) is 0. The fourth-order valence-corrected chi connectivity index (χ4v) is 1.67. The first-order valence-electron chi connectivity index (χ1n) is 6.27. The number of amides is 1. The number of carbonyl (C=O) groups excluding carboxylic acids is 1. The highest BCUT2D eigenvalue weighted by Gasteiger charge is 2.29. The van der Waals surface area contributed by atoms with Crippen molar-refractivity contribution in [3.05, 3.63) is 0 Å². The molecule has 1 atom stereocenters. The Hall–Kier alpha value is -0.730. The molecule has 0 heterocycles. The van der Waals surface area contributed by atoms with Crippen molar-refractivity contribution in [3.63, 3.8) is 0 Å². The average molecular weight is 227 g/mol. The van der Waals surface area contributed by atoms with Crippen molar-refractivity contribution in [2.45, 2.75) is 65.5 Å². The third-order valence-corrected chi connectivity index (χ3v) is 2.79. The Balaban J connectivity index is 2.37. The Morgan fingerprint density at radius 3 is 2.31 bits per heavy atom. The molecule has 0 spiro atoms. The molecule has 0 aromatic rings. The molecule has 94 valence electrons. The standard InChI is InChI=1S/C13H25NO2/c1-9(2)11(8-10-6-7-10)14-12(15)16-13(3,4)5/h9-11H,6-8H2,1-5H3,(H,14,15). The fourth-order valence-electron chi connectivity index (χ4n) is 1.67. The van der Waals surface area contributed by atoms with E-state index in [2.05, 4.69) is 19.2 Å². The summed E-state index contributed by atoms with van der Waals surface area (Å²) >= 11 is 0. The second-order valence-electron chi connectivity index (χ2n) is 6.18. The van der Waals surface area contributed by atoms with Gasteiger partial charge in [-0.05, 0) is 39.0 Å². The third kappa shape index (κ3) is 5.38. The summed E-state index contributed by atoms with van der Waals surface area (Å²) in [5.41, 5.74) is -0.412. The van der Waals surface area contributed by atoms with Gasteiger partial charge in [-0.1, -0.05) is 26.7 Å². The molecule has 0 aromatic heterocycles. The van der Waals surface area contributed by atoms with Crippen molar-refractivity contribution in [1.82, 2.24) is 5.32 Å². The maximum Gasteiger partial charge on any atom is 0.407 e. The van der Waals surface area contributed by atoms with E-state index in [9.17, 15) is 4.79 Å². The summed E-state index contributed by atoms with van der Waals surface area (Å²) in [5, 5.41) is 2.98. The molecule has 1 unspecified atom stereocenters. The summed E-state index contributed by atoms with van der Waals surface area (Å²) in [4.78, 5) is 11.6. The van der Waals surface area contributed by atoms with Crippen LogP contribution in [0.3, 0.4) is 0 Å². The summed E-state index contributed by atoms with van der Waals surface area (Å²) in [6, 6.07) is 0.252. The van der Waals surface area contributed by atoms with Gasteiger partial charge in [0.1, 0.15) is 5.60 Å². The van der Waals surface area contributed by atoms with Gasteiger partial charge in [-0.2, -0.15) is 0 Å². The molecule has 1 aliphatic carbocycles. The molecular formula is C13H25NO2. The minimum Gasteiger partial charge on any atom is -0.444 e. The molecule has 3 nitrogen and oxygen atoms in total. The second-order valence-corrected chi connectivity index (χ2v) is 6.18. The first kappa shape index (κ1) is 13.3. The van der Waals surface area contributed by atoms with Gasteiger partial charge in [0.2, 0.25) is 0 Å². The van der Waals surface area contributed by atoms with Gasteiger partial charge in [-0.25, -0.2) is 4.79 Å². The molecule has 1 fully saturated rings. The summed E-state index contributed by atoms with van der Waals surface area (Å²) in [5.74, 6) is 1.29. The number of alkyl carbamates (subject to hydrolysis) is 1. The second kappa shape index (κ2) is 5.07. The molecule has 0 aromatic carbocycles. The van der Waals surface area contributed by atoms with Crippen LogP contribution >= 0.6 is 0 Å². The molecule has 0 aliphatic heterocycles. The van der Waals surface area contributed by atoms with Gasteiger partial charge in [0.05, 0.1) is 0 Å². The first-order chi connectivity index (χ1) is 7.28. The molecule has 3 heteroatoms. The lowest BCUT2D eigenvalue weighted by atomic mass is 9.99. The van der Waals surface area contributed by atoms with E-state index in [-0.39, 0.29) is 12.1 Å². The molecule has 1 amide bonds. The monoisotopic (exact) mass is 227 g/mol. The summed E-state index contributed by atoms with van der Waals surface area (Å²) in [6.45, 7) is 9.95. The summed E-state index contributed by atoms with van der Waals surface area (Å²) < 4.78 is 5.27. The van der Waals surface area contributed by atoms with Crippen molar-refractivity contribution in [1.29, 1.82) is 0 Å². The number of nitrogens with one attached hydrogen (secondary N) is 1. The smallest absolute Gasteiger partial charge is 0.407 e. The Kier molecular flexibility index (Phi) is 4.22. The van der Waals surface area contributed by atoms with E-state index in [1.165, 1.54) is 12.8 Å². The van der Waals surface area contributed by atoms with Gasteiger partial charge in [0, 0.05) is 6.04 Å². The number of ether oxygens (including phenoxy) is 1. The van der Waals surface area contributed by atoms with Gasteiger partial charge in [-0.3, -0.25) is 0 Å². The molecule has 0 bridgehead atoms. The van der Waals surface area contributed by atoms with Gasteiger partial charge in [0.25, 0.3) is 0 Å². The maximum absolute atomic E-state index is 11.6. The molecule has 1 N–H and O–H groups in total. The van der Waals surface area contributed by atoms with Crippen LogP contribution in [0, 0.1) is 11.8 Å². The lowest BCUT2D eigenvalue weighted by molar-refractivity contribution is 0.0485. The lowest BCUT2D eigenvalue weighted by Crippen LogP contribution is -2.42. The minimum atomic E-state index is -0.412. The SMILES string of the molecule is CC(C)C(CC1CC1)NC(=O)OC(C)(C)C. The maximum atomic E-state index is 11.6. The van der Waals surface area contributed by atoms with Crippen LogP contribution in [-0.2, 0) is 4.74 Å². The van der Waals surface area contributed by atoms with Gasteiger partial charge >= 0.3 is 6.09 Å². The molecule has 16 heavy (non-hydrogen) atoms. The normalized spacial score (nSPS) is 18.4. The van der Waals surface area contributed by atoms with Crippen molar-refractivity contribution >= 4 is 6.09 Å². The topological polar surface area (TPSA) is 38.3 Å². The number of rotatable bonds is 4. The number of carbonyl (C=O) groups is 1. The highest BCUT2D eigenvalue weighted by molar-refractivity contribution is 5.68. The largest absolute Gasteiger partial charge is 0.444 e. The van der Waals surface area contributed by atoms with Crippen LogP contribution in [-0.4, -0.2) is 17.7 Å². The molecule has 1 rings (SSSR count). The fraction of sp³-hybridized carbons (Fsp3) is 0.923. The highest BCUT2D eigenvalue weighted by Crippen LogP contribution is 2.34. The molecular weight excluding hydrogens is 202 g/mol. The van der Waals surface area contributed by atoms with E-state index < -0.39 is 5.60 Å². The molecule has 1 aliphatic rings. The first-order valence-corrected chi connectivity index (χ1v) is 6.27. The van der Waals surface area contributed by atoms with E-state index >= 15 is 0 Å². The lowest BCUT2D eigenvalue weighted by Gasteiger charge is -2.25. The van der Waals surface area contributed by atoms with Crippen LogP contribution in [0.1, 0.15) is 53.9 Å². The average Bonchev–Trinajstić information content (AvgIpc) is 2.82. The van der Waals surface area contributed by atoms with Gasteiger partial charge in [-0.15, -0.1) is 0 Å². The van der Waals surface area contributed by atoms with Crippen molar-refractivity contribution in [3.8, 4) is 0 Å². The summed E-state index contributed by atoms with van der Waals surface area (Å²) in [6.07, 6.45) is 3.45. The molecule has 1 saturated carbocycles. The van der Waals surface area contributed by atoms with Crippen LogP contribution in [0.5, 0.6) is 0 Å². The van der Waals surface area contributed by atoms with E-state index in [0.29, 0.717) is 5.92 Å². The quantitative estimate of drug-likeness (QED) is 0.800. The van der Waals surface area contributed by atoms with E-state index in [1.807, 2.05) is 20.8 Å². The Morgan fingerprint density at radius 2 is 1.94 bits per heavy atom. The number of hydrogen-bond acceptors (Lipinski definition) is 2. The van der Waals surface area contributed by atoms with Gasteiger partial charge in [0.15, 0.2) is 0 Å². The van der Waals surface area contributed by atoms with Crippen molar-refractivity contribution < 1.29 is 9.53 Å². The van der Waals surface area contributed by atoms with Crippen LogP contribution in [0.4, 0.5) is 4.79 Å². The Labute approximate surface area is 98.9 Å². The van der Waals surface area contributed by atoms with Gasteiger partial charge < -0.3 is 10.1 Å². The zero-order chi connectivity index (χ0) is 12.3. The zero-order valence-corrected chi connectivity index (χ0v) is 11.2. The van der Waals surface area contributed by atoms with Crippen LogP contribution in [0.2, 0.25) is 0 Å². The zero-order valence-electron chi connectivity index (χ0n) is 11.2. The van der Waals surface area contributed by atoms with Crippen molar-refractivity contribution in [2.75, 3.05) is 0 Å². The van der Waals surface area contributed by atoms with Crippen LogP contribution in [0.15, 0.2) is 0 Å². The predicted octanol–water partition coefficient (Wildman–Crippen LogP) is 3.34. The van der Waals surface area contributed by atoms with E-state index in [0.717, 1.165) is 12.3 Å². The van der Waals surface area contributed by atoms with E-state index in [1.54, 1.807) is 0 Å². The minimum absolute atomic E-state index is 0.252.